The van der Waals surface area contributed by atoms with E-state index in [1.165, 1.54) is 11.8 Å². The van der Waals surface area contributed by atoms with E-state index in [1.54, 1.807) is 4.57 Å². The summed E-state index contributed by atoms with van der Waals surface area (Å²) in [5.74, 6) is -0.132. The van der Waals surface area contributed by atoms with Gasteiger partial charge in [0.1, 0.15) is 0 Å². The molecule has 188 valence electrons. The number of amides is 1. The molecular weight excluding hydrogens is 458 g/mol. The van der Waals surface area contributed by atoms with Crippen molar-refractivity contribution in [2.75, 3.05) is 30.9 Å². The number of aromatic nitrogens is 2. The fourth-order valence-corrected chi connectivity index (χ4v) is 5.00. The normalized spacial score (nSPS) is 12.5. The first-order valence-corrected chi connectivity index (χ1v) is 13.0. The molecule has 0 saturated heterocycles. The zero-order valence-corrected chi connectivity index (χ0v) is 22.6. The molecule has 0 radical (unpaired) electrons. The maximum atomic E-state index is 13.4. The van der Waals surface area contributed by atoms with E-state index in [4.69, 9.17) is 4.98 Å². The molecule has 0 fully saturated rings. The number of carbonyl (C=O) groups excluding carboxylic acids is 1. The van der Waals surface area contributed by atoms with Crippen molar-refractivity contribution in [1.82, 2.24) is 14.5 Å². The third-order valence-electron chi connectivity index (χ3n) is 6.04. The van der Waals surface area contributed by atoms with E-state index in [0.717, 1.165) is 17.9 Å². The Bertz CT molecular complexity index is 1200. The second-order valence-corrected chi connectivity index (χ2v) is 10.8. The van der Waals surface area contributed by atoms with Gasteiger partial charge in [0.2, 0.25) is 5.91 Å². The topological polar surface area (TPSA) is 70.5 Å². The van der Waals surface area contributed by atoms with E-state index in [1.807, 2.05) is 74.4 Å². The van der Waals surface area contributed by atoms with Crippen LogP contribution < -0.4 is 15.8 Å². The molecule has 1 atom stereocenters. The predicted molar refractivity (Wildman–Crippen MR) is 148 cm³/mol. The average Bonchev–Trinajstić information content (AvgIpc) is 2.80. The molecule has 8 heteroatoms. The predicted octanol–water partition coefficient (Wildman–Crippen LogP) is 4.70. The van der Waals surface area contributed by atoms with Crippen molar-refractivity contribution < 1.29 is 4.79 Å². The van der Waals surface area contributed by atoms with Crippen LogP contribution in [0.15, 0.2) is 58.5 Å². The summed E-state index contributed by atoms with van der Waals surface area (Å²) in [6.45, 7) is 11.7. The van der Waals surface area contributed by atoms with Crippen LogP contribution in [-0.2, 0) is 11.3 Å². The summed E-state index contributed by atoms with van der Waals surface area (Å²) in [6.07, 6.45) is 0. The van der Waals surface area contributed by atoms with Gasteiger partial charge in [-0.2, -0.15) is 0 Å². The monoisotopic (exact) mass is 495 g/mol. The lowest BCUT2D eigenvalue weighted by Gasteiger charge is -2.31. The fourth-order valence-electron chi connectivity index (χ4n) is 4.06. The van der Waals surface area contributed by atoms with Crippen LogP contribution in [0.4, 0.5) is 11.4 Å². The van der Waals surface area contributed by atoms with Gasteiger partial charge in [0, 0.05) is 50.6 Å². The second-order valence-electron chi connectivity index (χ2n) is 9.48. The van der Waals surface area contributed by atoms with Crippen LogP contribution in [0, 0.1) is 0 Å². The van der Waals surface area contributed by atoms with Gasteiger partial charge in [0.15, 0.2) is 5.16 Å². The molecule has 0 bridgehead atoms. The van der Waals surface area contributed by atoms with Crippen molar-refractivity contribution in [3.05, 3.63) is 58.9 Å². The zero-order valence-electron chi connectivity index (χ0n) is 21.8. The Labute approximate surface area is 212 Å². The Kier molecular flexibility index (Phi) is 8.97. The van der Waals surface area contributed by atoms with Gasteiger partial charge in [-0.1, -0.05) is 23.9 Å². The third-order valence-corrected chi connectivity index (χ3v) is 7.13. The van der Waals surface area contributed by atoms with Crippen LogP contribution >= 0.6 is 11.8 Å². The summed E-state index contributed by atoms with van der Waals surface area (Å²) in [7, 11) is 3.95. The highest BCUT2D eigenvalue weighted by Gasteiger charge is 2.21. The number of fused-ring (bicyclic) bond motifs is 1. The Morgan fingerprint density at radius 2 is 1.63 bits per heavy atom. The molecule has 0 spiro atoms. The van der Waals surface area contributed by atoms with Gasteiger partial charge in [-0.05, 0) is 71.0 Å². The van der Waals surface area contributed by atoms with Crippen LogP contribution in [-0.4, -0.2) is 58.3 Å². The minimum atomic E-state index is -0.436. The first-order valence-electron chi connectivity index (χ1n) is 12.1. The first kappa shape index (κ1) is 26.8. The minimum absolute atomic E-state index is 0.0718. The van der Waals surface area contributed by atoms with E-state index in [0.29, 0.717) is 34.7 Å². The lowest BCUT2D eigenvalue weighted by atomic mass is 10.2. The highest BCUT2D eigenvalue weighted by atomic mass is 32.2. The van der Waals surface area contributed by atoms with E-state index in [9.17, 15) is 9.59 Å². The smallest absolute Gasteiger partial charge is 0.262 e. The maximum absolute atomic E-state index is 13.4. The highest BCUT2D eigenvalue weighted by molar-refractivity contribution is 8.00. The summed E-state index contributed by atoms with van der Waals surface area (Å²) in [5, 5.41) is 3.70. The molecule has 1 amide bonds. The molecule has 3 rings (SSSR count). The molecule has 0 aliphatic rings. The highest BCUT2D eigenvalue weighted by Crippen LogP contribution is 2.24. The minimum Gasteiger partial charge on any atom is -0.378 e. The van der Waals surface area contributed by atoms with E-state index in [2.05, 4.69) is 37.9 Å². The largest absolute Gasteiger partial charge is 0.378 e. The van der Waals surface area contributed by atoms with Crippen LogP contribution in [0.25, 0.3) is 10.9 Å². The maximum Gasteiger partial charge on any atom is 0.262 e. The lowest BCUT2D eigenvalue weighted by Crippen LogP contribution is -2.40. The van der Waals surface area contributed by atoms with E-state index >= 15 is 0 Å². The summed E-state index contributed by atoms with van der Waals surface area (Å²) < 4.78 is 1.72. The van der Waals surface area contributed by atoms with Gasteiger partial charge >= 0.3 is 0 Å². The number of hydrogen-bond donors (Lipinski definition) is 1. The Morgan fingerprint density at radius 1 is 1.00 bits per heavy atom. The Balaban J connectivity index is 1.85. The molecule has 0 unspecified atom stereocenters. The van der Waals surface area contributed by atoms with Crippen molar-refractivity contribution in [2.24, 2.45) is 0 Å². The molecule has 7 nitrogen and oxygen atoms in total. The van der Waals surface area contributed by atoms with Crippen molar-refractivity contribution in [3.63, 3.8) is 0 Å². The summed E-state index contributed by atoms with van der Waals surface area (Å²) in [4.78, 5) is 35.5. The number of carbonyl (C=O) groups is 1. The number of thioether (sulfide) groups is 1. The average molecular weight is 496 g/mol. The third kappa shape index (κ3) is 6.64. The van der Waals surface area contributed by atoms with Gasteiger partial charge in [0.05, 0.1) is 16.2 Å². The zero-order chi connectivity index (χ0) is 25.7. The van der Waals surface area contributed by atoms with Gasteiger partial charge < -0.3 is 10.2 Å². The van der Waals surface area contributed by atoms with E-state index < -0.39 is 5.25 Å². The van der Waals surface area contributed by atoms with Crippen molar-refractivity contribution >= 4 is 39.9 Å². The van der Waals surface area contributed by atoms with Gasteiger partial charge in [-0.25, -0.2) is 4.98 Å². The molecule has 3 aromatic rings. The Morgan fingerprint density at radius 3 is 2.23 bits per heavy atom. The lowest BCUT2D eigenvalue weighted by molar-refractivity contribution is -0.115. The second kappa shape index (κ2) is 11.7. The molecule has 2 aromatic carbocycles. The van der Waals surface area contributed by atoms with Crippen LogP contribution in [0.2, 0.25) is 0 Å². The molecule has 35 heavy (non-hydrogen) atoms. The number of anilines is 2. The first-order chi connectivity index (χ1) is 16.6. The summed E-state index contributed by atoms with van der Waals surface area (Å²) in [6, 6.07) is 15.8. The number of hydrogen-bond acceptors (Lipinski definition) is 6. The number of nitrogens with one attached hydrogen (secondary N) is 1. The van der Waals surface area contributed by atoms with Crippen molar-refractivity contribution in [2.45, 2.75) is 63.7 Å². The van der Waals surface area contributed by atoms with Gasteiger partial charge in [0.25, 0.3) is 5.56 Å². The molecule has 0 aliphatic carbocycles. The molecule has 0 saturated carbocycles. The van der Waals surface area contributed by atoms with E-state index in [-0.39, 0.29) is 11.5 Å². The van der Waals surface area contributed by atoms with Crippen LogP contribution in [0.5, 0.6) is 0 Å². The molecule has 1 heterocycles. The number of rotatable bonds is 10. The molecule has 1 aromatic heterocycles. The summed E-state index contributed by atoms with van der Waals surface area (Å²) >= 11 is 1.32. The fraction of sp³-hybridized carbons (Fsp3) is 0.444. The Hall–Kier alpha value is -2.84. The molecule has 0 aliphatic heterocycles. The number of para-hydroxylation sites is 1. The quantitative estimate of drug-likeness (QED) is 0.325. The number of nitrogens with zero attached hydrogens (tertiary/aromatic N) is 4. The standard InChI is InChI=1S/C27H37N5O2S/c1-18(2)31(19(3)4)16-17-32-26(34)23-10-8-9-11-24(23)29-27(32)35-20(5)25(33)28-21-12-14-22(15-13-21)30(6)7/h8-15,18-20H,16-17H2,1-7H3,(H,28,33)/t20-/m0/s1. The number of benzene rings is 2. The molecule has 1 N–H and O–H groups in total. The van der Waals surface area contributed by atoms with Gasteiger partial charge in [-0.3, -0.25) is 19.1 Å². The van der Waals surface area contributed by atoms with Gasteiger partial charge in [-0.15, -0.1) is 0 Å². The summed E-state index contributed by atoms with van der Waals surface area (Å²) in [5.41, 5.74) is 2.37. The molecular formula is C27H37N5O2S. The SMILES string of the molecule is CC(C)N(CCn1c(S[C@@H](C)C(=O)Nc2ccc(N(C)C)cc2)nc2ccccc2c1=O)C(C)C. The van der Waals surface area contributed by atoms with Crippen LogP contribution in [0.3, 0.4) is 0 Å². The van der Waals surface area contributed by atoms with Crippen molar-refractivity contribution in [1.29, 1.82) is 0 Å². The van der Waals surface area contributed by atoms with Crippen molar-refractivity contribution in [3.8, 4) is 0 Å². The van der Waals surface area contributed by atoms with Crippen LogP contribution in [0.1, 0.15) is 34.6 Å².